The molecule has 1 saturated carbocycles. The Morgan fingerprint density at radius 3 is 1.81 bits per heavy atom. The van der Waals surface area contributed by atoms with Gasteiger partial charge in [-0.15, -0.1) is 0 Å². The van der Waals surface area contributed by atoms with Gasteiger partial charge in [-0.05, 0) is 55.1 Å². The highest BCUT2D eigenvalue weighted by Crippen LogP contribution is 2.26. The molecule has 8 N–H and O–H groups in total. The number of aliphatic hydroxyl groups is 1. The number of hydrogen-bond acceptors (Lipinski definition) is 7. The molecule has 0 aliphatic heterocycles. The van der Waals surface area contributed by atoms with E-state index in [1.807, 2.05) is 64.1 Å². The Morgan fingerprint density at radius 1 is 0.712 bits per heavy atom. The quantitative estimate of drug-likeness (QED) is 0.108. The van der Waals surface area contributed by atoms with Gasteiger partial charge in [0.25, 0.3) is 0 Å². The second kappa shape index (κ2) is 20.7. The number of amides is 4. The van der Waals surface area contributed by atoms with Crippen molar-refractivity contribution in [2.24, 2.45) is 23.5 Å². The van der Waals surface area contributed by atoms with Crippen molar-refractivity contribution in [2.75, 3.05) is 6.54 Å². The molecule has 0 spiro atoms. The van der Waals surface area contributed by atoms with Crippen LogP contribution in [0.2, 0.25) is 0 Å². The summed E-state index contributed by atoms with van der Waals surface area (Å²) in [5.74, 6) is -3.66. The van der Waals surface area contributed by atoms with Crippen molar-refractivity contribution >= 4 is 29.6 Å². The first-order valence-corrected chi connectivity index (χ1v) is 18.6. The fourth-order valence-corrected chi connectivity index (χ4v) is 6.65. The lowest BCUT2D eigenvalue weighted by atomic mass is 9.81. The van der Waals surface area contributed by atoms with E-state index < -0.39 is 65.8 Å². The maximum absolute atomic E-state index is 13.9. The molecule has 5 atom stereocenters. The van der Waals surface area contributed by atoms with E-state index >= 15 is 0 Å². The highest BCUT2D eigenvalue weighted by molar-refractivity contribution is 5.95. The monoisotopic (exact) mass is 721 g/mol. The molecular weight excluding hydrogens is 662 g/mol. The van der Waals surface area contributed by atoms with Crippen LogP contribution >= 0.6 is 0 Å². The molecule has 286 valence electrons. The summed E-state index contributed by atoms with van der Waals surface area (Å²) in [4.78, 5) is 66.5. The Hall–Kier alpha value is -4.29. The maximum Gasteiger partial charge on any atom is 0.305 e. The van der Waals surface area contributed by atoms with Crippen molar-refractivity contribution in [3.63, 3.8) is 0 Å². The van der Waals surface area contributed by atoms with Crippen LogP contribution in [0.25, 0.3) is 0 Å². The van der Waals surface area contributed by atoms with Gasteiger partial charge in [-0.25, -0.2) is 0 Å². The molecule has 4 amide bonds. The molecule has 12 nitrogen and oxygen atoms in total. The predicted molar refractivity (Wildman–Crippen MR) is 200 cm³/mol. The highest BCUT2D eigenvalue weighted by atomic mass is 16.4. The zero-order valence-electron chi connectivity index (χ0n) is 31.1. The zero-order chi connectivity index (χ0) is 38.3. The number of aliphatic hydroxyl groups excluding tert-OH is 1. The fraction of sp³-hybridized carbons (Fsp3) is 0.575. The fourth-order valence-electron chi connectivity index (χ4n) is 6.65. The van der Waals surface area contributed by atoms with Crippen LogP contribution in [0.1, 0.15) is 90.2 Å². The number of carboxylic acids is 1. The average molecular weight is 722 g/mol. The average Bonchev–Trinajstić information content (AvgIpc) is 3.10. The normalized spacial score (nSPS) is 16.9. The predicted octanol–water partition coefficient (Wildman–Crippen LogP) is 3.25. The molecule has 3 rings (SSSR count). The topological polar surface area (TPSA) is 200 Å². The lowest BCUT2D eigenvalue weighted by molar-refractivity contribution is -0.141. The summed E-state index contributed by atoms with van der Waals surface area (Å²) in [6.07, 6.45) is 2.42. The van der Waals surface area contributed by atoms with E-state index in [1.165, 1.54) is 0 Å². The van der Waals surface area contributed by atoms with Crippen LogP contribution in [0, 0.1) is 17.8 Å². The number of hydrogen-bond donors (Lipinski definition) is 7. The maximum atomic E-state index is 13.9. The third-order valence-corrected chi connectivity index (χ3v) is 9.54. The van der Waals surface area contributed by atoms with Crippen molar-refractivity contribution in [1.82, 2.24) is 21.3 Å². The molecule has 0 bridgehead atoms. The van der Waals surface area contributed by atoms with E-state index in [0.717, 1.165) is 30.4 Å². The molecule has 1 fully saturated rings. The van der Waals surface area contributed by atoms with Crippen molar-refractivity contribution < 1.29 is 34.2 Å². The van der Waals surface area contributed by atoms with Crippen LogP contribution in [0.15, 0.2) is 60.7 Å². The molecule has 12 heteroatoms. The van der Waals surface area contributed by atoms with E-state index in [4.69, 9.17) is 5.73 Å². The van der Waals surface area contributed by atoms with Gasteiger partial charge in [0.2, 0.25) is 23.6 Å². The summed E-state index contributed by atoms with van der Waals surface area (Å²) in [7, 11) is 0. The smallest absolute Gasteiger partial charge is 0.305 e. The number of aliphatic carboxylic acids is 1. The molecule has 0 heterocycles. The number of nitrogens with two attached hydrogens (primary N) is 1. The lowest BCUT2D eigenvalue weighted by Gasteiger charge is -2.33. The molecule has 1 unspecified atom stereocenters. The first-order valence-electron chi connectivity index (χ1n) is 18.6. The number of benzene rings is 2. The minimum atomic E-state index is -1.53. The van der Waals surface area contributed by atoms with E-state index in [0.29, 0.717) is 25.8 Å². The minimum absolute atomic E-state index is 0.0574. The highest BCUT2D eigenvalue weighted by Gasteiger charge is 2.38. The van der Waals surface area contributed by atoms with Gasteiger partial charge in [0, 0.05) is 18.9 Å². The summed E-state index contributed by atoms with van der Waals surface area (Å²) in [6.45, 7) is 8.46. The van der Waals surface area contributed by atoms with Gasteiger partial charge >= 0.3 is 5.97 Å². The van der Waals surface area contributed by atoms with Gasteiger partial charge in [0.1, 0.15) is 12.1 Å². The van der Waals surface area contributed by atoms with E-state index in [9.17, 15) is 34.2 Å². The van der Waals surface area contributed by atoms with Crippen molar-refractivity contribution in [3.8, 4) is 0 Å². The third kappa shape index (κ3) is 14.0. The molecule has 1 aliphatic rings. The lowest BCUT2D eigenvalue weighted by Crippen LogP contribution is -2.61. The van der Waals surface area contributed by atoms with Crippen molar-refractivity contribution in [3.05, 3.63) is 71.8 Å². The second-order valence-electron chi connectivity index (χ2n) is 15.2. The Balaban J connectivity index is 1.86. The molecule has 2 aromatic rings. The van der Waals surface area contributed by atoms with Gasteiger partial charge in [0.05, 0.1) is 24.1 Å². The largest absolute Gasteiger partial charge is 0.481 e. The van der Waals surface area contributed by atoms with Crippen molar-refractivity contribution in [2.45, 2.75) is 122 Å². The SMILES string of the molecule is CC(C)CNC(=O)[C@H](CC(C)C)CC(O)[C@H](Cc1ccccc1)NC(=O)[C@H](CC(=O)O)NC(=O)[C@H](Cc1ccccc1)NC(=O)C1(N)CCCCC1. The van der Waals surface area contributed by atoms with Crippen LogP contribution in [0.5, 0.6) is 0 Å². The summed E-state index contributed by atoms with van der Waals surface area (Å²) >= 11 is 0. The molecule has 0 saturated heterocycles. The summed E-state index contributed by atoms with van der Waals surface area (Å²) < 4.78 is 0. The first kappa shape index (κ1) is 42.1. The van der Waals surface area contributed by atoms with Gasteiger partial charge in [-0.1, -0.05) is 108 Å². The van der Waals surface area contributed by atoms with E-state index in [2.05, 4.69) is 21.3 Å². The standard InChI is InChI=1S/C40H59N5O7/c1-26(2)20-30(36(49)42-25-27(3)4)23-34(46)31(21-28-14-8-5-9-15-28)43-38(51)33(24-35(47)48)44-37(50)32(22-29-16-10-6-11-17-29)45-39(52)40(41)18-12-7-13-19-40/h5-6,8-11,14-17,26-27,30-34,46H,7,12-13,18-25,41H2,1-4H3,(H,42,49)(H,43,51)(H,44,50)(H,45,52)(H,47,48)/t30-,31+,32+,33+,34?/m1/s1. The molecular formula is C40H59N5O7. The van der Waals surface area contributed by atoms with Crippen LogP contribution in [0.3, 0.4) is 0 Å². The molecule has 0 radical (unpaired) electrons. The van der Waals surface area contributed by atoms with Gasteiger partial charge in [-0.3, -0.25) is 24.0 Å². The molecule has 2 aromatic carbocycles. The number of nitrogens with one attached hydrogen (secondary N) is 4. The molecule has 0 aromatic heterocycles. The number of rotatable bonds is 20. The number of carbonyl (C=O) groups is 5. The minimum Gasteiger partial charge on any atom is -0.481 e. The van der Waals surface area contributed by atoms with Crippen molar-refractivity contribution in [1.29, 1.82) is 0 Å². The van der Waals surface area contributed by atoms with Crippen LogP contribution in [-0.4, -0.2) is 76.1 Å². The van der Waals surface area contributed by atoms with Gasteiger partial charge < -0.3 is 37.2 Å². The summed E-state index contributed by atoms with van der Waals surface area (Å²) in [5, 5.41) is 32.5. The number of carbonyl (C=O) groups excluding carboxylic acids is 4. The Labute approximate surface area is 308 Å². The summed E-state index contributed by atoms with van der Waals surface area (Å²) in [6, 6.07) is 14.6. The second-order valence-corrected chi connectivity index (χ2v) is 15.2. The first-order chi connectivity index (χ1) is 24.7. The molecule has 52 heavy (non-hydrogen) atoms. The number of carboxylic acid groups (broad SMARTS) is 1. The van der Waals surface area contributed by atoms with E-state index in [1.54, 1.807) is 24.3 Å². The third-order valence-electron chi connectivity index (χ3n) is 9.54. The van der Waals surface area contributed by atoms with Gasteiger partial charge in [0.15, 0.2) is 0 Å². The Morgan fingerprint density at radius 2 is 1.27 bits per heavy atom. The van der Waals surface area contributed by atoms with Gasteiger partial charge in [-0.2, -0.15) is 0 Å². The Kier molecular flexibility index (Phi) is 16.7. The van der Waals surface area contributed by atoms with Crippen LogP contribution < -0.4 is 27.0 Å². The van der Waals surface area contributed by atoms with Crippen LogP contribution in [-0.2, 0) is 36.8 Å². The van der Waals surface area contributed by atoms with Crippen LogP contribution in [0.4, 0.5) is 0 Å². The van der Waals surface area contributed by atoms with E-state index in [-0.39, 0.29) is 37.0 Å². The Bertz CT molecular complexity index is 1450. The summed E-state index contributed by atoms with van der Waals surface area (Å²) in [5.41, 5.74) is 6.90. The zero-order valence-corrected chi connectivity index (χ0v) is 31.1. The molecule has 1 aliphatic carbocycles.